The van der Waals surface area contributed by atoms with Crippen LogP contribution in [0.25, 0.3) is 0 Å². The third-order valence-electron chi connectivity index (χ3n) is 2.12. The molecule has 0 aliphatic carbocycles. The first-order valence-electron chi connectivity index (χ1n) is 4.43. The van der Waals surface area contributed by atoms with Gasteiger partial charge in [-0.25, -0.2) is 4.79 Å². The molecule has 1 aliphatic rings. The summed E-state index contributed by atoms with van der Waals surface area (Å²) in [6, 6.07) is 7.03. The van der Waals surface area contributed by atoms with E-state index >= 15 is 0 Å². The predicted octanol–water partition coefficient (Wildman–Crippen LogP) is 1.84. The zero-order valence-corrected chi connectivity index (χ0v) is 8.48. The SMILES string of the molecule is O=C(O)C1COC(c2ccccc2Cl)O1. The van der Waals surface area contributed by atoms with E-state index in [1.165, 1.54) is 0 Å². The van der Waals surface area contributed by atoms with Crippen molar-refractivity contribution in [1.29, 1.82) is 0 Å². The van der Waals surface area contributed by atoms with Crippen molar-refractivity contribution in [2.24, 2.45) is 0 Å². The van der Waals surface area contributed by atoms with Crippen LogP contribution in [0.1, 0.15) is 11.9 Å². The molecule has 5 heteroatoms. The highest BCUT2D eigenvalue weighted by Crippen LogP contribution is 2.31. The molecule has 15 heavy (non-hydrogen) atoms. The number of ether oxygens (including phenoxy) is 2. The molecule has 0 amide bonds. The maximum absolute atomic E-state index is 10.6. The summed E-state index contributed by atoms with van der Waals surface area (Å²) in [7, 11) is 0. The second kappa shape index (κ2) is 4.18. The molecular weight excluding hydrogens is 220 g/mol. The second-order valence-electron chi connectivity index (χ2n) is 3.15. The maximum Gasteiger partial charge on any atom is 0.335 e. The highest BCUT2D eigenvalue weighted by atomic mass is 35.5. The maximum atomic E-state index is 10.6. The van der Waals surface area contributed by atoms with Gasteiger partial charge in [0.2, 0.25) is 0 Å². The van der Waals surface area contributed by atoms with E-state index in [0.29, 0.717) is 10.6 Å². The topological polar surface area (TPSA) is 55.8 Å². The molecule has 1 heterocycles. The zero-order valence-electron chi connectivity index (χ0n) is 7.72. The fourth-order valence-electron chi connectivity index (χ4n) is 1.36. The minimum Gasteiger partial charge on any atom is -0.479 e. The summed E-state index contributed by atoms with van der Waals surface area (Å²) >= 11 is 5.92. The van der Waals surface area contributed by atoms with E-state index in [1.807, 2.05) is 0 Å². The molecule has 1 fully saturated rings. The molecule has 1 saturated heterocycles. The quantitative estimate of drug-likeness (QED) is 0.839. The van der Waals surface area contributed by atoms with Crippen molar-refractivity contribution >= 4 is 17.6 Å². The number of benzene rings is 1. The van der Waals surface area contributed by atoms with E-state index < -0.39 is 18.4 Å². The molecule has 1 aromatic carbocycles. The van der Waals surface area contributed by atoms with Crippen LogP contribution >= 0.6 is 11.6 Å². The van der Waals surface area contributed by atoms with E-state index in [4.69, 9.17) is 26.2 Å². The highest BCUT2D eigenvalue weighted by Gasteiger charge is 2.33. The molecule has 0 spiro atoms. The summed E-state index contributed by atoms with van der Waals surface area (Å²) in [6.45, 7) is 0.0468. The van der Waals surface area contributed by atoms with E-state index in [0.717, 1.165) is 0 Å². The van der Waals surface area contributed by atoms with Crippen LogP contribution in [0.2, 0.25) is 5.02 Å². The molecule has 2 rings (SSSR count). The average molecular weight is 229 g/mol. The molecule has 0 radical (unpaired) electrons. The lowest BCUT2D eigenvalue weighted by atomic mass is 10.2. The summed E-state index contributed by atoms with van der Waals surface area (Å²) in [4.78, 5) is 10.6. The number of hydrogen-bond donors (Lipinski definition) is 1. The van der Waals surface area contributed by atoms with Crippen LogP contribution in [0.5, 0.6) is 0 Å². The summed E-state index contributed by atoms with van der Waals surface area (Å²) in [6.07, 6.45) is -1.59. The van der Waals surface area contributed by atoms with Crippen LogP contribution in [0.4, 0.5) is 0 Å². The number of halogens is 1. The van der Waals surface area contributed by atoms with Crippen molar-refractivity contribution < 1.29 is 19.4 Å². The fraction of sp³-hybridized carbons (Fsp3) is 0.300. The Morgan fingerprint density at radius 2 is 2.20 bits per heavy atom. The Morgan fingerprint density at radius 1 is 1.47 bits per heavy atom. The minimum atomic E-state index is -1.02. The highest BCUT2D eigenvalue weighted by molar-refractivity contribution is 6.31. The lowest BCUT2D eigenvalue weighted by Gasteiger charge is -2.11. The van der Waals surface area contributed by atoms with Gasteiger partial charge in [0.15, 0.2) is 12.4 Å². The van der Waals surface area contributed by atoms with Crippen molar-refractivity contribution in [1.82, 2.24) is 0 Å². The second-order valence-corrected chi connectivity index (χ2v) is 3.56. The molecule has 2 unspecified atom stereocenters. The molecule has 0 bridgehead atoms. The van der Waals surface area contributed by atoms with Crippen molar-refractivity contribution in [2.75, 3.05) is 6.61 Å². The van der Waals surface area contributed by atoms with Gasteiger partial charge in [-0.05, 0) is 6.07 Å². The molecule has 4 nitrogen and oxygen atoms in total. The molecule has 2 atom stereocenters. The molecule has 0 saturated carbocycles. The van der Waals surface area contributed by atoms with E-state index in [1.54, 1.807) is 24.3 Å². The summed E-state index contributed by atoms with van der Waals surface area (Å²) < 4.78 is 10.4. The zero-order chi connectivity index (χ0) is 10.8. The molecule has 80 valence electrons. The van der Waals surface area contributed by atoms with Gasteiger partial charge in [0.05, 0.1) is 6.61 Å². The third kappa shape index (κ3) is 2.12. The number of aliphatic carboxylic acids is 1. The van der Waals surface area contributed by atoms with Gasteiger partial charge in [-0.15, -0.1) is 0 Å². The molecule has 1 aliphatic heterocycles. The van der Waals surface area contributed by atoms with Gasteiger partial charge >= 0.3 is 5.97 Å². The van der Waals surface area contributed by atoms with Gasteiger partial charge in [-0.3, -0.25) is 0 Å². The number of carboxylic acid groups (broad SMARTS) is 1. The van der Waals surface area contributed by atoms with Gasteiger partial charge in [-0.1, -0.05) is 29.8 Å². The largest absolute Gasteiger partial charge is 0.479 e. The van der Waals surface area contributed by atoms with Crippen LogP contribution in [0, 0.1) is 0 Å². The first-order valence-corrected chi connectivity index (χ1v) is 4.80. The standard InChI is InChI=1S/C10H9ClO4/c11-7-4-2-1-3-6(7)10-14-5-8(15-10)9(12)13/h1-4,8,10H,5H2,(H,12,13). The first-order chi connectivity index (χ1) is 7.18. The van der Waals surface area contributed by atoms with Crippen LogP contribution in [0.3, 0.4) is 0 Å². The van der Waals surface area contributed by atoms with Crippen molar-refractivity contribution in [2.45, 2.75) is 12.4 Å². The fourth-order valence-corrected chi connectivity index (χ4v) is 1.59. The van der Waals surface area contributed by atoms with Crippen LogP contribution in [-0.2, 0) is 14.3 Å². The molecular formula is C10H9ClO4. The van der Waals surface area contributed by atoms with Crippen LogP contribution in [-0.4, -0.2) is 23.8 Å². The number of hydrogen-bond acceptors (Lipinski definition) is 3. The molecule has 0 aromatic heterocycles. The van der Waals surface area contributed by atoms with Gasteiger partial charge < -0.3 is 14.6 Å². The molecule has 1 N–H and O–H groups in total. The predicted molar refractivity (Wildman–Crippen MR) is 52.7 cm³/mol. The van der Waals surface area contributed by atoms with E-state index in [-0.39, 0.29) is 6.61 Å². The van der Waals surface area contributed by atoms with Crippen molar-refractivity contribution in [3.63, 3.8) is 0 Å². The van der Waals surface area contributed by atoms with Crippen molar-refractivity contribution in [3.8, 4) is 0 Å². The lowest BCUT2D eigenvalue weighted by molar-refractivity contribution is -0.150. The molecule has 1 aromatic rings. The number of rotatable bonds is 2. The Bertz CT molecular complexity index is 379. The summed E-state index contributed by atoms with van der Waals surface area (Å²) in [5, 5.41) is 9.22. The average Bonchev–Trinajstić information content (AvgIpc) is 2.67. The third-order valence-corrected chi connectivity index (χ3v) is 2.47. The Hall–Kier alpha value is -1.10. The van der Waals surface area contributed by atoms with E-state index in [9.17, 15) is 4.79 Å². The number of carbonyl (C=O) groups is 1. The van der Waals surface area contributed by atoms with Gasteiger partial charge in [-0.2, -0.15) is 0 Å². The smallest absolute Gasteiger partial charge is 0.335 e. The monoisotopic (exact) mass is 228 g/mol. The van der Waals surface area contributed by atoms with Gasteiger partial charge in [0.25, 0.3) is 0 Å². The van der Waals surface area contributed by atoms with Gasteiger partial charge in [0.1, 0.15) is 0 Å². The Kier molecular flexibility index (Phi) is 2.90. The van der Waals surface area contributed by atoms with Crippen molar-refractivity contribution in [3.05, 3.63) is 34.9 Å². The normalized spacial score (nSPS) is 25.4. The Labute approximate surface area is 91.4 Å². The Morgan fingerprint density at radius 3 is 2.80 bits per heavy atom. The van der Waals surface area contributed by atoms with Crippen LogP contribution < -0.4 is 0 Å². The Balaban J connectivity index is 2.14. The van der Waals surface area contributed by atoms with Gasteiger partial charge in [0, 0.05) is 10.6 Å². The number of carboxylic acids is 1. The van der Waals surface area contributed by atoms with E-state index in [2.05, 4.69) is 0 Å². The minimum absolute atomic E-state index is 0.0468. The van der Waals surface area contributed by atoms with Crippen LogP contribution in [0.15, 0.2) is 24.3 Å². The summed E-state index contributed by atoms with van der Waals surface area (Å²) in [5.41, 5.74) is 0.655. The lowest BCUT2D eigenvalue weighted by Crippen LogP contribution is -2.21. The summed E-state index contributed by atoms with van der Waals surface area (Å²) in [5.74, 6) is -1.02. The first kappa shape index (κ1) is 10.4.